The van der Waals surface area contributed by atoms with Gasteiger partial charge in [0.25, 0.3) is 5.22 Å². The number of aromatic nitrogens is 2. The largest absolute Gasteiger partial charge is 0.411 e. The highest BCUT2D eigenvalue weighted by atomic mass is 35.5. The zero-order valence-corrected chi connectivity index (χ0v) is 16.1. The molecule has 5 nitrogen and oxygen atoms in total. The van der Waals surface area contributed by atoms with E-state index in [-0.39, 0.29) is 17.7 Å². The Kier molecular flexibility index (Phi) is 6.19. The minimum Gasteiger partial charge on any atom is -0.411 e. The zero-order valence-electron chi connectivity index (χ0n) is 13.8. The maximum absolute atomic E-state index is 12.1. The van der Waals surface area contributed by atoms with Gasteiger partial charge in [-0.05, 0) is 42.8 Å². The first-order chi connectivity index (χ1) is 12.5. The average molecular weight is 408 g/mol. The number of halogens is 2. The molecule has 8 heteroatoms. The van der Waals surface area contributed by atoms with Crippen molar-refractivity contribution in [3.05, 3.63) is 64.1 Å². The van der Waals surface area contributed by atoms with Crippen LogP contribution in [0.25, 0.3) is 11.5 Å². The molecular weight excluding hydrogens is 393 g/mol. The Morgan fingerprint density at radius 3 is 2.65 bits per heavy atom. The minimum atomic E-state index is -0.125. The summed E-state index contributed by atoms with van der Waals surface area (Å²) in [5, 5.41) is 12.4. The number of carbonyl (C=O) groups is 1. The van der Waals surface area contributed by atoms with Crippen molar-refractivity contribution >= 4 is 40.9 Å². The van der Waals surface area contributed by atoms with Crippen molar-refractivity contribution in [3.8, 4) is 11.5 Å². The average Bonchev–Trinajstić information content (AvgIpc) is 3.09. The summed E-state index contributed by atoms with van der Waals surface area (Å²) in [4.78, 5) is 12.1. The van der Waals surface area contributed by atoms with Crippen LogP contribution >= 0.6 is 35.0 Å². The van der Waals surface area contributed by atoms with Crippen LogP contribution in [0.3, 0.4) is 0 Å². The van der Waals surface area contributed by atoms with Crippen LogP contribution in [-0.4, -0.2) is 21.9 Å². The molecule has 0 aliphatic heterocycles. The maximum atomic E-state index is 12.1. The van der Waals surface area contributed by atoms with Crippen molar-refractivity contribution < 1.29 is 9.21 Å². The number of nitrogens with zero attached hydrogens (tertiary/aromatic N) is 2. The highest BCUT2D eigenvalue weighted by molar-refractivity contribution is 7.99. The third-order valence-electron chi connectivity index (χ3n) is 3.55. The summed E-state index contributed by atoms with van der Waals surface area (Å²) in [6.07, 6.45) is 0. The van der Waals surface area contributed by atoms with E-state index in [0.29, 0.717) is 21.2 Å². The zero-order chi connectivity index (χ0) is 18.5. The fourth-order valence-electron chi connectivity index (χ4n) is 2.25. The number of thioether (sulfide) groups is 1. The molecule has 0 radical (unpaired) electrons. The van der Waals surface area contributed by atoms with Gasteiger partial charge in [-0.3, -0.25) is 4.79 Å². The third kappa shape index (κ3) is 5.00. The summed E-state index contributed by atoms with van der Waals surface area (Å²) in [7, 11) is 0. The lowest BCUT2D eigenvalue weighted by Gasteiger charge is -2.13. The number of hydrogen-bond acceptors (Lipinski definition) is 5. The fourth-order valence-corrected chi connectivity index (χ4v) is 3.14. The molecule has 0 aliphatic carbocycles. The Bertz CT molecular complexity index is 899. The summed E-state index contributed by atoms with van der Waals surface area (Å²) in [5.74, 6) is 0.416. The van der Waals surface area contributed by atoms with Gasteiger partial charge in [0.15, 0.2) is 0 Å². The van der Waals surface area contributed by atoms with Gasteiger partial charge in [0.05, 0.1) is 11.8 Å². The Labute approximate surface area is 165 Å². The van der Waals surface area contributed by atoms with Crippen LogP contribution in [0.2, 0.25) is 10.0 Å². The van der Waals surface area contributed by atoms with Crippen LogP contribution in [0.1, 0.15) is 18.5 Å². The molecule has 1 heterocycles. The quantitative estimate of drug-likeness (QED) is 0.581. The lowest BCUT2D eigenvalue weighted by molar-refractivity contribution is -0.119. The SMILES string of the molecule is C[C@H](NC(=O)CSc1nnc(-c2cccc(Cl)c2)o1)c1ccc(Cl)cc1. The fraction of sp³-hybridized carbons (Fsp3) is 0.167. The molecule has 0 unspecified atom stereocenters. The number of carbonyl (C=O) groups excluding carboxylic acids is 1. The van der Waals surface area contributed by atoms with Gasteiger partial charge in [-0.25, -0.2) is 0 Å². The summed E-state index contributed by atoms with van der Waals surface area (Å²) >= 11 is 13.0. The number of amides is 1. The molecule has 1 atom stereocenters. The molecule has 26 heavy (non-hydrogen) atoms. The van der Waals surface area contributed by atoms with Gasteiger partial charge in [-0.1, -0.05) is 53.2 Å². The van der Waals surface area contributed by atoms with E-state index >= 15 is 0 Å². The second-order valence-corrected chi connectivity index (χ2v) is 7.31. The second kappa shape index (κ2) is 8.58. The van der Waals surface area contributed by atoms with Gasteiger partial charge < -0.3 is 9.73 Å². The van der Waals surface area contributed by atoms with Gasteiger partial charge in [-0.15, -0.1) is 10.2 Å². The number of rotatable bonds is 6. The first-order valence-electron chi connectivity index (χ1n) is 7.78. The van der Waals surface area contributed by atoms with Crippen molar-refractivity contribution in [1.29, 1.82) is 0 Å². The van der Waals surface area contributed by atoms with Gasteiger partial charge in [0.2, 0.25) is 11.8 Å². The standard InChI is InChI=1S/C18H15Cl2N3O2S/c1-11(12-5-7-14(19)8-6-12)21-16(24)10-26-18-23-22-17(25-18)13-3-2-4-15(20)9-13/h2-9,11H,10H2,1H3,(H,21,24)/t11-/m0/s1. The van der Waals surface area contributed by atoms with E-state index in [4.69, 9.17) is 27.6 Å². The predicted molar refractivity (Wildman–Crippen MR) is 103 cm³/mol. The topological polar surface area (TPSA) is 68.0 Å². The number of hydrogen-bond donors (Lipinski definition) is 1. The van der Waals surface area contributed by atoms with Crippen LogP contribution in [0, 0.1) is 0 Å². The molecule has 2 aromatic carbocycles. The maximum Gasteiger partial charge on any atom is 0.277 e. The third-order valence-corrected chi connectivity index (χ3v) is 4.86. The predicted octanol–water partition coefficient (Wildman–Crippen LogP) is 5.01. The van der Waals surface area contributed by atoms with Crippen LogP contribution in [-0.2, 0) is 4.79 Å². The van der Waals surface area contributed by atoms with Crippen molar-refractivity contribution in [2.75, 3.05) is 5.75 Å². The van der Waals surface area contributed by atoms with E-state index in [1.165, 1.54) is 11.8 Å². The molecule has 3 rings (SSSR count). The molecule has 0 fully saturated rings. The lowest BCUT2D eigenvalue weighted by Crippen LogP contribution is -2.28. The molecule has 0 spiro atoms. The molecule has 3 aromatic rings. The molecule has 134 valence electrons. The van der Waals surface area contributed by atoms with E-state index < -0.39 is 0 Å². The summed E-state index contributed by atoms with van der Waals surface area (Å²) < 4.78 is 5.57. The van der Waals surface area contributed by atoms with Gasteiger partial charge in [-0.2, -0.15) is 0 Å². The van der Waals surface area contributed by atoms with Crippen LogP contribution in [0.4, 0.5) is 0 Å². The summed E-state index contributed by atoms with van der Waals surface area (Å²) in [5.41, 5.74) is 1.71. The molecule has 1 amide bonds. The smallest absolute Gasteiger partial charge is 0.277 e. The molecular formula is C18H15Cl2N3O2S. The summed E-state index contributed by atoms with van der Waals surface area (Å²) in [6, 6.07) is 14.4. The Balaban J connectivity index is 1.54. The van der Waals surface area contributed by atoms with E-state index in [9.17, 15) is 4.79 Å². The van der Waals surface area contributed by atoms with Gasteiger partial charge in [0.1, 0.15) is 0 Å². The van der Waals surface area contributed by atoms with E-state index in [0.717, 1.165) is 11.1 Å². The highest BCUT2D eigenvalue weighted by Crippen LogP contribution is 2.25. The summed E-state index contributed by atoms with van der Waals surface area (Å²) in [6.45, 7) is 1.91. The minimum absolute atomic E-state index is 0.120. The second-order valence-electron chi connectivity index (χ2n) is 5.51. The first kappa shape index (κ1) is 18.8. The van der Waals surface area contributed by atoms with Crippen molar-refractivity contribution in [1.82, 2.24) is 15.5 Å². The molecule has 0 saturated heterocycles. The molecule has 1 N–H and O–H groups in total. The van der Waals surface area contributed by atoms with Crippen molar-refractivity contribution in [2.24, 2.45) is 0 Å². The first-order valence-corrected chi connectivity index (χ1v) is 9.52. The van der Waals surface area contributed by atoms with Gasteiger partial charge in [0, 0.05) is 15.6 Å². The Hall–Kier alpha value is -2.02. The molecule has 0 aliphatic rings. The molecule has 0 bridgehead atoms. The van der Waals surface area contributed by atoms with Crippen molar-refractivity contribution in [3.63, 3.8) is 0 Å². The number of benzene rings is 2. The van der Waals surface area contributed by atoms with Crippen LogP contribution < -0.4 is 5.32 Å². The Morgan fingerprint density at radius 1 is 1.15 bits per heavy atom. The van der Waals surface area contributed by atoms with Gasteiger partial charge >= 0.3 is 0 Å². The van der Waals surface area contributed by atoms with Crippen LogP contribution in [0.5, 0.6) is 0 Å². The number of nitrogens with one attached hydrogen (secondary N) is 1. The highest BCUT2D eigenvalue weighted by Gasteiger charge is 2.13. The molecule has 1 aromatic heterocycles. The molecule has 0 saturated carbocycles. The van der Waals surface area contributed by atoms with E-state index in [1.807, 2.05) is 25.1 Å². The van der Waals surface area contributed by atoms with Crippen molar-refractivity contribution in [2.45, 2.75) is 18.2 Å². The van der Waals surface area contributed by atoms with Crippen LogP contribution in [0.15, 0.2) is 58.2 Å². The monoisotopic (exact) mass is 407 g/mol. The van der Waals surface area contributed by atoms with E-state index in [1.54, 1.807) is 30.3 Å². The Morgan fingerprint density at radius 2 is 1.92 bits per heavy atom. The normalized spacial score (nSPS) is 12.0. The lowest BCUT2D eigenvalue weighted by atomic mass is 10.1. The van der Waals surface area contributed by atoms with E-state index in [2.05, 4.69) is 15.5 Å².